The summed E-state index contributed by atoms with van der Waals surface area (Å²) in [6, 6.07) is 6.01. The van der Waals surface area contributed by atoms with Gasteiger partial charge in [0.1, 0.15) is 5.75 Å². The summed E-state index contributed by atoms with van der Waals surface area (Å²) < 4.78 is 0.734. The molecule has 1 saturated heterocycles. The molecule has 0 unspecified atom stereocenters. The Morgan fingerprint density at radius 3 is 2.79 bits per heavy atom. The van der Waals surface area contributed by atoms with Crippen LogP contribution >= 0.6 is 15.9 Å². The van der Waals surface area contributed by atoms with Gasteiger partial charge in [0.25, 0.3) is 0 Å². The molecular formula is C14H19BrN2O2. The summed E-state index contributed by atoms with van der Waals surface area (Å²) in [4.78, 5) is 13.3. The highest BCUT2D eigenvalue weighted by Crippen LogP contribution is 2.28. The van der Waals surface area contributed by atoms with Crippen molar-refractivity contribution in [1.82, 2.24) is 10.2 Å². The fraction of sp³-hybridized carbons (Fsp3) is 0.500. The number of nitrogens with one attached hydrogen (secondary N) is 1. The summed E-state index contributed by atoms with van der Waals surface area (Å²) in [5.41, 5.74) is 0.937. The van der Waals surface area contributed by atoms with Crippen molar-refractivity contribution in [2.24, 2.45) is 0 Å². The zero-order chi connectivity index (χ0) is 13.8. The molecule has 5 heteroatoms. The van der Waals surface area contributed by atoms with Gasteiger partial charge in [-0.25, -0.2) is 0 Å². The van der Waals surface area contributed by atoms with Crippen LogP contribution < -0.4 is 5.32 Å². The van der Waals surface area contributed by atoms with E-state index in [9.17, 15) is 9.90 Å². The number of hydrogen-bond donors (Lipinski definition) is 2. The van der Waals surface area contributed by atoms with Crippen LogP contribution in [0.25, 0.3) is 0 Å². The zero-order valence-corrected chi connectivity index (χ0v) is 12.6. The molecule has 0 saturated carbocycles. The molecule has 0 radical (unpaired) electrons. The van der Waals surface area contributed by atoms with Gasteiger partial charge in [-0.15, -0.1) is 0 Å². The summed E-state index contributed by atoms with van der Waals surface area (Å²) in [6.07, 6.45) is 1.93. The van der Waals surface area contributed by atoms with Gasteiger partial charge < -0.3 is 10.4 Å². The number of rotatable bonds is 3. The Bertz CT molecular complexity index is 457. The second-order valence-corrected chi connectivity index (χ2v) is 5.85. The maximum absolute atomic E-state index is 11.0. The van der Waals surface area contributed by atoms with E-state index in [4.69, 9.17) is 0 Å². The van der Waals surface area contributed by atoms with Gasteiger partial charge >= 0.3 is 0 Å². The van der Waals surface area contributed by atoms with Gasteiger partial charge in [0.15, 0.2) is 0 Å². The number of benzene rings is 1. The van der Waals surface area contributed by atoms with E-state index < -0.39 is 0 Å². The largest absolute Gasteiger partial charge is 0.506 e. The maximum Gasteiger partial charge on any atom is 0.217 e. The van der Waals surface area contributed by atoms with Gasteiger partial charge in [0, 0.05) is 38.2 Å². The van der Waals surface area contributed by atoms with Crippen molar-refractivity contribution in [1.29, 1.82) is 0 Å². The van der Waals surface area contributed by atoms with Crippen molar-refractivity contribution in [3.8, 4) is 5.75 Å². The molecular weight excluding hydrogens is 308 g/mol. The van der Waals surface area contributed by atoms with E-state index in [0.717, 1.165) is 42.5 Å². The van der Waals surface area contributed by atoms with Crippen LogP contribution in [0.15, 0.2) is 22.7 Å². The third-order valence-electron chi connectivity index (χ3n) is 3.46. The van der Waals surface area contributed by atoms with Gasteiger partial charge in [0.2, 0.25) is 5.91 Å². The fourth-order valence-corrected chi connectivity index (χ4v) is 2.86. The Balaban J connectivity index is 1.89. The lowest BCUT2D eigenvalue weighted by Crippen LogP contribution is -2.43. The number of piperidine rings is 1. The van der Waals surface area contributed by atoms with Crippen LogP contribution in [0.3, 0.4) is 0 Å². The molecule has 19 heavy (non-hydrogen) atoms. The first kappa shape index (κ1) is 14.3. The predicted octanol–water partition coefficient (Wildman–Crippen LogP) is 2.26. The van der Waals surface area contributed by atoms with Crippen LogP contribution in [-0.4, -0.2) is 35.0 Å². The number of para-hydroxylation sites is 1. The Morgan fingerprint density at radius 2 is 2.16 bits per heavy atom. The van der Waals surface area contributed by atoms with Crippen molar-refractivity contribution >= 4 is 21.8 Å². The first-order chi connectivity index (χ1) is 9.06. The summed E-state index contributed by atoms with van der Waals surface area (Å²) in [6.45, 7) is 4.19. The lowest BCUT2D eigenvalue weighted by Gasteiger charge is -2.32. The topological polar surface area (TPSA) is 52.6 Å². The molecule has 0 aromatic heterocycles. The van der Waals surface area contributed by atoms with Crippen molar-refractivity contribution in [2.45, 2.75) is 32.4 Å². The standard InChI is InChI=1S/C14H19BrN2O2/c1-10(18)16-12-5-7-17(8-6-12)9-11-3-2-4-13(15)14(11)19/h2-4,12,19H,5-9H2,1H3,(H,16,18). The van der Waals surface area contributed by atoms with Crippen molar-refractivity contribution in [3.05, 3.63) is 28.2 Å². The molecule has 2 rings (SSSR count). The van der Waals surface area contributed by atoms with Gasteiger partial charge in [-0.05, 0) is 34.8 Å². The lowest BCUT2D eigenvalue weighted by molar-refractivity contribution is -0.119. The van der Waals surface area contributed by atoms with Gasteiger partial charge in [0.05, 0.1) is 4.47 Å². The summed E-state index contributed by atoms with van der Waals surface area (Å²) in [7, 11) is 0. The molecule has 1 fully saturated rings. The molecule has 0 spiro atoms. The molecule has 0 atom stereocenters. The lowest BCUT2D eigenvalue weighted by atomic mass is 10.0. The first-order valence-corrected chi connectivity index (χ1v) is 7.31. The molecule has 1 aliphatic heterocycles. The number of phenolic OH excluding ortho intramolecular Hbond substituents is 1. The molecule has 2 N–H and O–H groups in total. The molecule has 1 aromatic rings. The number of carbonyl (C=O) groups is 1. The fourth-order valence-electron chi connectivity index (χ4n) is 2.45. The van der Waals surface area contributed by atoms with E-state index >= 15 is 0 Å². The predicted molar refractivity (Wildman–Crippen MR) is 77.9 cm³/mol. The van der Waals surface area contributed by atoms with Crippen LogP contribution in [0.5, 0.6) is 5.75 Å². The highest BCUT2D eigenvalue weighted by atomic mass is 79.9. The Kier molecular flexibility index (Phi) is 4.82. The van der Waals surface area contributed by atoms with Crippen LogP contribution in [0, 0.1) is 0 Å². The van der Waals surface area contributed by atoms with E-state index in [1.165, 1.54) is 0 Å². The number of halogens is 1. The van der Waals surface area contributed by atoms with E-state index in [0.29, 0.717) is 11.8 Å². The van der Waals surface area contributed by atoms with Gasteiger partial charge in [-0.1, -0.05) is 12.1 Å². The first-order valence-electron chi connectivity index (χ1n) is 6.52. The molecule has 0 bridgehead atoms. The minimum Gasteiger partial charge on any atom is -0.506 e. The summed E-state index contributed by atoms with van der Waals surface area (Å²) >= 11 is 3.33. The van der Waals surface area contributed by atoms with E-state index in [1.54, 1.807) is 6.92 Å². The number of likely N-dealkylation sites (tertiary alicyclic amines) is 1. The number of carbonyl (C=O) groups excluding carboxylic acids is 1. The normalized spacial score (nSPS) is 17.4. The van der Waals surface area contributed by atoms with Crippen LogP contribution in [0.2, 0.25) is 0 Å². The molecule has 1 heterocycles. The zero-order valence-electron chi connectivity index (χ0n) is 11.0. The SMILES string of the molecule is CC(=O)NC1CCN(Cc2cccc(Br)c2O)CC1. The smallest absolute Gasteiger partial charge is 0.217 e. The van der Waals surface area contributed by atoms with Crippen LogP contribution in [0.4, 0.5) is 0 Å². The molecule has 1 aromatic carbocycles. The monoisotopic (exact) mass is 326 g/mol. The molecule has 4 nitrogen and oxygen atoms in total. The number of phenols is 1. The summed E-state index contributed by atoms with van der Waals surface area (Å²) in [5, 5.41) is 12.9. The molecule has 104 valence electrons. The highest BCUT2D eigenvalue weighted by molar-refractivity contribution is 9.10. The molecule has 1 aliphatic rings. The van der Waals surface area contributed by atoms with Crippen LogP contribution in [-0.2, 0) is 11.3 Å². The Morgan fingerprint density at radius 1 is 1.47 bits per heavy atom. The van der Waals surface area contributed by atoms with Crippen LogP contribution in [0.1, 0.15) is 25.3 Å². The minimum atomic E-state index is 0.0445. The number of amides is 1. The highest BCUT2D eigenvalue weighted by Gasteiger charge is 2.20. The quantitative estimate of drug-likeness (QED) is 0.895. The Labute approximate surface area is 121 Å². The average molecular weight is 327 g/mol. The maximum atomic E-state index is 11.0. The van der Waals surface area contributed by atoms with Crippen molar-refractivity contribution < 1.29 is 9.90 Å². The third kappa shape index (κ3) is 3.94. The van der Waals surface area contributed by atoms with Gasteiger partial charge in [-0.3, -0.25) is 9.69 Å². The number of nitrogens with zero attached hydrogens (tertiary/aromatic N) is 1. The second-order valence-electron chi connectivity index (χ2n) is 5.00. The van der Waals surface area contributed by atoms with E-state index in [2.05, 4.69) is 26.1 Å². The third-order valence-corrected chi connectivity index (χ3v) is 4.10. The van der Waals surface area contributed by atoms with Gasteiger partial charge in [-0.2, -0.15) is 0 Å². The molecule has 0 aliphatic carbocycles. The number of aromatic hydroxyl groups is 1. The minimum absolute atomic E-state index is 0.0445. The number of hydrogen-bond acceptors (Lipinski definition) is 3. The van der Waals surface area contributed by atoms with E-state index in [1.807, 2.05) is 18.2 Å². The second kappa shape index (κ2) is 6.39. The Hall–Kier alpha value is -1.07. The van der Waals surface area contributed by atoms with Crippen molar-refractivity contribution in [2.75, 3.05) is 13.1 Å². The molecule has 1 amide bonds. The van der Waals surface area contributed by atoms with Crippen molar-refractivity contribution in [3.63, 3.8) is 0 Å². The summed E-state index contributed by atoms with van der Waals surface area (Å²) in [5.74, 6) is 0.370. The van der Waals surface area contributed by atoms with E-state index in [-0.39, 0.29) is 5.91 Å². The average Bonchev–Trinajstić information content (AvgIpc) is 2.37.